The molecule has 0 amide bonds. The lowest BCUT2D eigenvalue weighted by Gasteiger charge is -2.34. The molecule has 1 atom stereocenters. The van der Waals surface area contributed by atoms with Gasteiger partial charge in [-0.05, 0) is 44.7 Å². The summed E-state index contributed by atoms with van der Waals surface area (Å²) < 4.78 is 0. The molecule has 122 valence electrons. The van der Waals surface area contributed by atoms with Gasteiger partial charge in [0.05, 0.1) is 0 Å². The molecule has 0 bridgehead atoms. The molecule has 0 aromatic carbocycles. The van der Waals surface area contributed by atoms with Gasteiger partial charge in [-0.25, -0.2) is 0 Å². The van der Waals surface area contributed by atoms with E-state index in [2.05, 4.69) is 65.9 Å². The molecule has 0 spiro atoms. The van der Waals surface area contributed by atoms with Gasteiger partial charge in [0.25, 0.3) is 0 Å². The number of hydrogen-bond donors (Lipinski definition) is 1. The van der Waals surface area contributed by atoms with Crippen molar-refractivity contribution in [1.82, 2.24) is 10.2 Å². The molecule has 0 rings (SSSR count). The molecule has 0 radical (unpaired) electrons. The van der Waals surface area contributed by atoms with Crippen LogP contribution in [0.3, 0.4) is 0 Å². The molecule has 1 unspecified atom stereocenters. The van der Waals surface area contributed by atoms with E-state index in [0.717, 1.165) is 24.3 Å². The van der Waals surface area contributed by atoms with Gasteiger partial charge >= 0.3 is 0 Å². The van der Waals surface area contributed by atoms with E-state index >= 15 is 0 Å². The van der Waals surface area contributed by atoms with Crippen molar-refractivity contribution in [2.75, 3.05) is 20.6 Å². The molecule has 0 aromatic heterocycles. The van der Waals surface area contributed by atoms with Gasteiger partial charge in [-0.15, -0.1) is 0 Å². The Morgan fingerprint density at radius 2 is 1.30 bits per heavy atom. The second-order valence-electron chi connectivity index (χ2n) is 7.47. The molecule has 2 nitrogen and oxygen atoms in total. The fourth-order valence-corrected chi connectivity index (χ4v) is 3.29. The first kappa shape index (κ1) is 19.9. The summed E-state index contributed by atoms with van der Waals surface area (Å²) in [6.45, 7) is 15.1. The Hall–Kier alpha value is -0.0800. The second kappa shape index (κ2) is 10.6. The standard InChI is InChI=1S/C18H40N2/c1-9-16(10-2)18(20(7)8)13-19-17(11-14(3)4)12-15(5)6/h14-19H,9-13H2,1-8H3. The minimum Gasteiger partial charge on any atom is -0.312 e. The van der Waals surface area contributed by atoms with Gasteiger partial charge in [0.2, 0.25) is 0 Å². The summed E-state index contributed by atoms with van der Waals surface area (Å²) in [5, 5.41) is 3.87. The summed E-state index contributed by atoms with van der Waals surface area (Å²) in [5.41, 5.74) is 0. The Bertz CT molecular complexity index is 209. The lowest BCUT2D eigenvalue weighted by atomic mass is 9.91. The highest BCUT2D eigenvalue weighted by Crippen LogP contribution is 2.18. The third kappa shape index (κ3) is 8.26. The van der Waals surface area contributed by atoms with E-state index in [9.17, 15) is 0 Å². The molecule has 20 heavy (non-hydrogen) atoms. The van der Waals surface area contributed by atoms with Crippen LogP contribution in [0.2, 0.25) is 0 Å². The van der Waals surface area contributed by atoms with E-state index in [0.29, 0.717) is 12.1 Å². The van der Waals surface area contributed by atoms with Crippen LogP contribution in [0.5, 0.6) is 0 Å². The molecule has 0 saturated carbocycles. The number of likely N-dealkylation sites (N-methyl/N-ethyl adjacent to an activating group) is 1. The molecule has 0 heterocycles. The molecule has 0 saturated heterocycles. The van der Waals surface area contributed by atoms with Crippen LogP contribution in [0.15, 0.2) is 0 Å². The lowest BCUT2D eigenvalue weighted by molar-refractivity contribution is 0.184. The maximum absolute atomic E-state index is 3.87. The van der Waals surface area contributed by atoms with Crippen molar-refractivity contribution in [2.24, 2.45) is 17.8 Å². The molecule has 0 aliphatic heterocycles. The molecule has 0 aliphatic rings. The highest BCUT2D eigenvalue weighted by Gasteiger charge is 2.22. The Morgan fingerprint density at radius 3 is 1.60 bits per heavy atom. The van der Waals surface area contributed by atoms with Gasteiger partial charge in [0, 0.05) is 18.6 Å². The molecule has 0 aliphatic carbocycles. The third-order valence-corrected chi connectivity index (χ3v) is 4.38. The van der Waals surface area contributed by atoms with E-state index in [-0.39, 0.29) is 0 Å². The molecule has 0 aromatic rings. The minimum atomic E-state index is 0.659. The van der Waals surface area contributed by atoms with Crippen molar-refractivity contribution < 1.29 is 0 Å². The van der Waals surface area contributed by atoms with Crippen molar-refractivity contribution in [1.29, 1.82) is 0 Å². The summed E-state index contributed by atoms with van der Waals surface area (Å²) in [5.74, 6) is 2.35. The average molecular weight is 285 g/mol. The van der Waals surface area contributed by atoms with E-state index < -0.39 is 0 Å². The van der Waals surface area contributed by atoms with E-state index in [1.165, 1.54) is 25.7 Å². The molecule has 0 fully saturated rings. The Balaban J connectivity index is 4.52. The predicted molar refractivity (Wildman–Crippen MR) is 92.2 cm³/mol. The monoisotopic (exact) mass is 284 g/mol. The quantitative estimate of drug-likeness (QED) is 0.605. The zero-order valence-corrected chi connectivity index (χ0v) is 15.4. The number of rotatable bonds is 11. The van der Waals surface area contributed by atoms with Crippen molar-refractivity contribution in [2.45, 2.75) is 79.3 Å². The SMILES string of the molecule is CCC(CC)C(CNC(CC(C)C)CC(C)C)N(C)C. The number of hydrogen-bond acceptors (Lipinski definition) is 2. The van der Waals surface area contributed by atoms with Crippen molar-refractivity contribution in [3.05, 3.63) is 0 Å². The van der Waals surface area contributed by atoms with Gasteiger partial charge in [0.15, 0.2) is 0 Å². The van der Waals surface area contributed by atoms with Crippen molar-refractivity contribution in [3.63, 3.8) is 0 Å². The van der Waals surface area contributed by atoms with Crippen LogP contribution in [-0.4, -0.2) is 37.6 Å². The van der Waals surface area contributed by atoms with Gasteiger partial charge in [-0.3, -0.25) is 0 Å². The van der Waals surface area contributed by atoms with E-state index in [4.69, 9.17) is 0 Å². The third-order valence-electron chi connectivity index (χ3n) is 4.38. The lowest BCUT2D eigenvalue weighted by Crippen LogP contribution is -2.46. The fraction of sp³-hybridized carbons (Fsp3) is 1.00. The van der Waals surface area contributed by atoms with Gasteiger partial charge in [0.1, 0.15) is 0 Å². The minimum absolute atomic E-state index is 0.659. The zero-order chi connectivity index (χ0) is 15.7. The highest BCUT2D eigenvalue weighted by atomic mass is 15.1. The van der Waals surface area contributed by atoms with Crippen LogP contribution < -0.4 is 5.32 Å². The summed E-state index contributed by atoms with van der Waals surface area (Å²) in [7, 11) is 4.45. The van der Waals surface area contributed by atoms with E-state index in [1.54, 1.807) is 0 Å². The first-order valence-corrected chi connectivity index (χ1v) is 8.71. The smallest absolute Gasteiger partial charge is 0.0242 e. The largest absolute Gasteiger partial charge is 0.312 e. The molecule has 2 heteroatoms. The fourth-order valence-electron chi connectivity index (χ4n) is 3.29. The van der Waals surface area contributed by atoms with Crippen LogP contribution in [0.25, 0.3) is 0 Å². The Morgan fingerprint density at radius 1 is 0.850 bits per heavy atom. The summed E-state index contributed by atoms with van der Waals surface area (Å²) in [6.07, 6.45) is 5.14. The molecular formula is C18H40N2. The number of nitrogens with one attached hydrogen (secondary N) is 1. The van der Waals surface area contributed by atoms with Crippen LogP contribution in [0.1, 0.15) is 67.2 Å². The predicted octanol–water partition coefficient (Wildman–Crippen LogP) is 4.40. The Kier molecular flexibility index (Phi) is 10.6. The first-order valence-electron chi connectivity index (χ1n) is 8.71. The average Bonchev–Trinajstić information content (AvgIpc) is 2.32. The van der Waals surface area contributed by atoms with Crippen LogP contribution in [0.4, 0.5) is 0 Å². The second-order valence-corrected chi connectivity index (χ2v) is 7.47. The first-order chi connectivity index (χ1) is 9.31. The van der Waals surface area contributed by atoms with Gasteiger partial charge < -0.3 is 10.2 Å². The summed E-state index contributed by atoms with van der Waals surface area (Å²) >= 11 is 0. The van der Waals surface area contributed by atoms with Crippen LogP contribution >= 0.6 is 0 Å². The van der Waals surface area contributed by atoms with Crippen molar-refractivity contribution >= 4 is 0 Å². The maximum atomic E-state index is 3.87. The van der Waals surface area contributed by atoms with Crippen molar-refractivity contribution in [3.8, 4) is 0 Å². The van der Waals surface area contributed by atoms with Gasteiger partial charge in [-0.1, -0.05) is 54.4 Å². The molecular weight excluding hydrogens is 244 g/mol. The molecule has 1 N–H and O–H groups in total. The topological polar surface area (TPSA) is 15.3 Å². The normalized spacial score (nSPS) is 14.2. The highest BCUT2D eigenvalue weighted by molar-refractivity contribution is 4.80. The maximum Gasteiger partial charge on any atom is 0.0242 e. The zero-order valence-electron chi connectivity index (χ0n) is 15.4. The van der Waals surface area contributed by atoms with Crippen LogP contribution in [-0.2, 0) is 0 Å². The summed E-state index contributed by atoms with van der Waals surface area (Å²) in [4.78, 5) is 2.41. The number of nitrogens with zero attached hydrogens (tertiary/aromatic N) is 1. The van der Waals surface area contributed by atoms with Crippen LogP contribution in [0, 0.1) is 17.8 Å². The van der Waals surface area contributed by atoms with Gasteiger partial charge in [-0.2, -0.15) is 0 Å². The summed E-state index contributed by atoms with van der Waals surface area (Å²) in [6, 6.07) is 1.33. The Labute approximate surface area is 128 Å². The van der Waals surface area contributed by atoms with E-state index in [1.807, 2.05) is 0 Å².